The fraction of sp³-hybridized carbons (Fsp3) is 0.900. The van der Waals surface area contributed by atoms with Crippen molar-refractivity contribution >= 4 is 11.9 Å². The van der Waals surface area contributed by atoms with Crippen molar-refractivity contribution in [3.63, 3.8) is 0 Å². The summed E-state index contributed by atoms with van der Waals surface area (Å²) in [5.74, 6) is 1.30. The molecule has 1 rings (SSSR count). The van der Waals surface area contributed by atoms with Crippen molar-refractivity contribution in [2.75, 3.05) is 26.2 Å². The lowest BCUT2D eigenvalue weighted by molar-refractivity contribution is -0.126. The van der Waals surface area contributed by atoms with Gasteiger partial charge in [0.1, 0.15) is 0 Å². The Morgan fingerprint density at radius 2 is 1.93 bits per heavy atom. The number of unbranched alkanes of at least 4 members (excludes halogenated alkanes) is 1. The van der Waals surface area contributed by atoms with Gasteiger partial charge in [0.25, 0.3) is 0 Å². The maximum Gasteiger partial charge on any atom is 0.237 e. The maximum atomic E-state index is 12.9. The van der Waals surface area contributed by atoms with E-state index in [4.69, 9.17) is 17.2 Å². The van der Waals surface area contributed by atoms with E-state index in [0.717, 1.165) is 51.7 Å². The van der Waals surface area contributed by atoms with Crippen LogP contribution in [0, 0.1) is 11.8 Å². The molecule has 0 radical (unpaired) electrons. The van der Waals surface area contributed by atoms with Crippen LogP contribution in [0.3, 0.4) is 0 Å². The Bertz CT molecular complexity index is 450. The third-order valence-electron chi connectivity index (χ3n) is 5.46. The third-order valence-corrected chi connectivity index (χ3v) is 5.46. The van der Waals surface area contributed by atoms with Crippen molar-refractivity contribution < 1.29 is 4.79 Å². The number of hydrogen-bond acceptors (Lipinski definition) is 4. The van der Waals surface area contributed by atoms with Gasteiger partial charge in [0.15, 0.2) is 5.96 Å². The van der Waals surface area contributed by atoms with Crippen molar-refractivity contribution in [2.45, 2.75) is 77.8 Å². The van der Waals surface area contributed by atoms with Crippen LogP contribution in [0.5, 0.6) is 0 Å². The van der Waals surface area contributed by atoms with Gasteiger partial charge in [-0.15, -0.1) is 0 Å². The van der Waals surface area contributed by atoms with Crippen molar-refractivity contribution in [1.29, 1.82) is 0 Å². The van der Waals surface area contributed by atoms with Gasteiger partial charge in [0.05, 0.1) is 6.04 Å². The summed E-state index contributed by atoms with van der Waals surface area (Å²) in [7, 11) is 0. The third kappa shape index (κ3) is 9.42. The predicted molar refractivity (Wildman–Crippen MR) is 113 cm³/mol. The first-order valence-corrected chi connectivity index (χ1v) is 10.6. The largest absolute Gasteiger partial charge is 0.370 e. The van der Waals surface area contributed by atoms with Gasteiger partial charge < -0.3 is 22.5 Å². The van der Waals surface area contributed by atoms with Crippen LogP contribution < -0.4 is 22.5 Å². The number of nitrogens with two attached hydrogens (primary N) is 3. The van der Waals surface area contributed by atoms with Gasteiger partial charge in [-0.1, -0.05) is 27.2 Å². The molecule has 3 atom stereocenters. The van der Waals surface area contributed by atoms with Crippen molar-refractivity contribution in [2.24, 2.45) is 34.0 Å². The first kappa shape index (κ1) is 23.7. The summed E-state index contributed by atoms with van der Waals surface area (Å²) in [4.78, 5) is 19.3. The van der Waals surface area contributed by atoms with Crippen LogP contribution in [0.4, 0.5) is 0 Å². The Hall–Kier alpha value is -1.34. The second-order valence-electron chi connectivity index (χ2n) is 8.35. The monoisotopic (exact) mass is 382 g/mol. The molecule has 0 aromatic heterocycles. The number of aliphatic imine (C=N–C) groups is 1. The second-order valence-corrected chi connectivity index (χ2v) is 8.35. The van der Waals surface area contributed by atoms with Crippen LogP contribution in [0.1, 0.15) is 65.7 Å². The highest BCUT2D eigenvalue weighted by Gasteiger charge is 2.32. The zero-order valence-corrected chi connectivity index (χ0v) is 17.6. The van der Waals surface area contributed by atoms with E-state index in [9.17, 15) is 4.79 Å². The van der Waals surface area contributed by atoms with Crippen molar-refractivity contribution in [3.05, 3.63) is 0 Å². The molecule has 1 aliphatic rings. The zero-order chi connectivity index (χ0) is 20.2. The number of nitrogens with zero attached hydrogens (tertiary/aromatic N) is 2. The number of hydrogen-bond donors (Lipinski definition) is 4. The SMILES string of the molecule is CC(C)[C@H](CCCN=C(N)N)NC(=O)C1CCCN1C[C@H](C)CCCCN. The first-order valence-electron chi connectivity index (χ1n) is 10.6. The van der Waals surface area contributed by atoms with Gasteiger partial charge in [-0.05, 0) is 63.5 Å². The number of likely N-dealkylation sites (tertiary alicyclic amines) is 1. The Labute approximate surface area is 165 Å². The van der Waals surface area contributed by atoms with Gasteiger partial charge in [-0.25, -0.2) is 0 Å². The molecule has 0 bridgehead atoms. The average Bonchev–Trinajstić information content (AvgIpc) is 3.05. The minimum atomic E-state index is 0.0147. The summed E-state index contributed by atoms with van der Waals surface area (Å²) in [5, 5.41) is 3.29. The summed E-state index contributed by atoms with van der Waals surface area (Å²) in [6, 6.07) is 0.178. The van der Waals surface area contributed by atoms with E-state index < -0.39 is 0 Å². The number of carbonyl (C=O) groups excluding carboxylic acids is 1. The molecule has 27 heavy (non-hydrogen) atoms. The molecule has 1 fully saturated rings. The highest BCUT2D eigenvalue weighted by molar-refractivity contribution is 5.82. The molecule has 0 aliphatic carbocycles. The van der Waals surface area contributed by atoms with E-state index in [-0.39, 0.29) is 24.0 Å². The molecular weight excluding hydrogens is 340 g/mol. The number of carbonyl (C=O) groups is 1. The number of guanidine groups is 1. The second kappa shape index (κ2) is 12.9. The maximum absolute atomic E-state index is 12.9. The Morgan fingerprint density at radius 3 is 2.56 bits per heavy atom. The van der Waals surface area contributed by atoms with E-state index in [1.54, 1.807) is 0 Å². The standard InChI is InChI=1S/C20H42N6O/c1-15(2)17(9-6-12-24-20(22)23)25-19(27)18-10-7-13-26(18)14-16(3)8-4-5-11-21/h15-18H,4-14,21H2,1-3H3,(H,25,27)(H4,22,23,24)/t16-,17+,18?/m1/s1. The molecule has 0 spiro atoms. The molecule has 0 aromatic rings. The van der Waals surface area contributed by atoms with Crippen LogP contribution >= 0.6 is 0 Å². The lowest BCUT2D eigenvalue weighted by atomic mass is 9.98. The molecule has 1 unspecified atom stereocenters. The number of rotatable bonds is 13. The Kier molecular flexibility index (Phi) is 11.4. The smallest absolute Gasteiger partial charge is 0.237 e. The number of nitrogens with one attached hydrogen (secondary N) is 1. The van der Waals surface area contributed by atoms with Gasteiger partial charge >= 0.3 is 0 Å². The highest BCUT2D eigenvalue weighted by atomic mass is 16.2. The fourth-order valence-electron chi connectivity index (χ4n) is 3.84. The predicted octanol–water partition coefficient (Wildman–Crippen LogP) is 1.41. The summed E-state index contributed by atoms with van der Waals surface area (Å²) in [5.41, 5.74) is 16.3. The average molecular weight is 383 g/mol. The molecule has 1 heterocycles. The van der Waals surface area contributed by atoms with E-state index in [1.807, 2.05) is 0 Å². The fourth-order valence-corrected chi connectivity index (χ4v) is 3.84. The van der Waals surface area contributed by atoms with Crippen molar-refractivity contribution in [3.8, 4) is 0 Å². The van der Waals surface area contributed by atoms with E-state index in [2.05, 4.69) is 36.0 Å². The molecule has 1 saturated heterocycles. The molecule has 7 nitrogen and oxygen atoms in total. The normalized spacial score (nSPS) is 19.8. The van der Waals surface area contributed by atoms with Crippen LogP contribution in [0.25, 0.3) is 0 Å². The molecule has 1 aliphatic heterocycles. The lowest BCUT2D eigenvalue weighted by Gasteiger charge is -2.29. The molecule has 158 valence electrons. The van der Waals surface area contributed by atoms with Crippen LogP contribution in [0.2, 0.25) is 0 Å². The minimum Gasteiger partial charge on any atom is -0.370 e. The van der Waals surface area contributed by atoms with Gasteiger partial charge in [0.2, 0.25) is 5.91 Å². The van der Waals surface area contributed by atoms with E-state index >= 15 is 0 Å². The topological polar surface area (TPSA) is 123 Å². The van der Waals surface area contributed by atoms with Crippen LogP contribution in [-0.4, -0.2) is 55.0 Å². The van der Waals surface area contributed by atoms with Crippen LogP contribution in [-0.2, 0) is 4.79 Å². The summed E-state index contributed by atoms with van der Waals surface area (Å²) in [6.45, 7) is 9.98. The molecular formula is C20H42N6O. The Morgan fingerprint density at radius 1 is 1.19 bits per heavy atom. The molecule has 0 saturated carbocycles. The molecule has 1 amide bonds. The quantitative estimate of drug-likeness (QED) is 0.218. The van der Waals surface area contributed by atoms with Gasteiger partial charge in [-0.3, -0.25) is 14.7 Å². The lowest BCUT2D eigenvalue weighted by Crippen LogP contribution is -2.49. The number of amides is 1. The zero-order valence-electron chi connectivity index (χ0n) is 17.6. The molecule has 7 heteroatoms. The van der Waals surface area contributed by atoms with Gasteiger partial charge in [-0.2, -0.15) is 0 Å². The van der Waals surface area contributed by atoms with Crippen molar-refractivity contribution in [1.82, 2.24) is 10.2 Å². The van der Waals surface area contributed by atoms with E-state index in [1.165, 1.54) is 12.8 Å². The molecule has 7 N–H and O–H groups in total. The van der Waals surface area contributed by atoms with Gasteiger partial charge in [0, 0.05) is 19.1 Å². The summed E-state index contributed by atoms with van der Waals surface area (Å²) >= 11 is 0. The molecule has 0 aromatic carbocycles. The Balaban J connectivity index is 2.49. The first-order chi connectivity index (χ1) is 12.8. The van der Waals surface area contributed by atoms with E-state index in [0.29, 0.717) is 18.4 Å². The minimum absolute atomic E-state index is 0.0147. The highest BCUT2D eigenvalue weighted by Crippen LogP contribution is 2.21. The summed E-state index contributed by atoms with van der Waals surface area (Å²) in [6.07, 6.45) is 7.26. The summed E-state index contributed by atoms with van der Waals surface area (Å²) < 4.78 is 0. The van der Waals surface area contributed by atoms with Crippen LogP contribution in [0.15, 0.2) is 4.99 Å².